The van der Waals surface area contributed by atoms with Gasteiger partial charge >= 0.3 is 0 Å². The van der Waals surface area contributed by atoms with Crippen LogP contribution in [0.4, 0.5) is 11.5 Å². The van der Waals surface area contributed by atoms with Crippen molar-refractivity contribution in [2.75, 3.05) is 23.4 Å². The number of H-pyrrole nitrogens is 1. The van der Waals surface area contributed by atoms with Gasteiger partial charge in [-0.1, -0.05) is 24.8 Å². The number of carbonyl (C=O) groups excluding carboxylic acids is 1. The number of amidine groups is 1. The highest BCUT2D eigenvalue weighted by Gasteiger charge is 2.32. The maximum atomic E-state index is 11.9. The molecule has 3 aromatic rings. The Kier molecular flexibility index (Phi) is 4.23. The molecule has 5 rings (SSSR count). The predicted molar refractivity (Wildman–Crippen MR) is 113 cm³/mol. The number of para-hydroxylation sites is 1. The van der Waals surface area contributed by atoms with Gasteiger partial charge in [-0.15, -0.1) is 0 Å². The second-order valence-corrected chi connectivity index (χ2v) is 7.17. The van der Waals surface area contributed by atoms with Gasteiger partial charge in [0.2, 0.25) is 5.91 Å². The molecule has 0 spiro atoms. The molecule has 2 aliphatic heterocycles. The average molecular weight is 387 g/mol. The van der Waals surface area contributed by atoms with Crippen molar-refractivity contribution in [2.24, 2.45) is 5.10 Å². The van der Waals surface area contributed by atoms with Crippen molar-refractivity contribution in [2.45, 2.75) is 18.9 Å². The van der Waals surface area contributed by atoms with E-state index in [1.54, 1.807) is 6.33 Å². The number of anilines is 2. The van der Waals surface area contributed by atoms with Gasteiger partial charge in [-0.05, 0) is 31.1 Å². The molecule has 1 aromatic carbocycles. The van der Waals surface area contributed by atoms with Gasteiger partial charge < -0.3 is 15.2 Å². The molecular weight excluding hydrogens is 366 g/mol. The molecule has 0 saturated carbocycles. The zero-order chi connectivity index (χ0) is 19.8. The third-order valence-electron chi connectivity index (χ3n) is 5.46. The Morgan fingerprint density at radius 3 is 2.76 bits per heavy atom. The van der Waals surface area contributed by atoms with Crippen LogP contribution in [0.5, 0.6) is 0 Å². The summed E-state index contributed by atoms with van der Waals surface area (Å²) in [6.45, 7) is 4.94. The number of aromatic nitrogens is 3. The quantitative estimate of drug-likeness (QED) is 0.675. The third-order valence-corrected chi connectivity index (χ3v) is 5.46. The van der Waals surface area contributed by atoms with E-state index in [9.17, 15) is 4.79 Å². The van der Waals surface area contributed by atoms with Gasteiger partial charge in [-0.25, -0.2) is 15.0 Å². The van der Waals surface area contributed by atoms with Gasteiger partial charge in [-0.2, -0.15) is 5.10 Å². The van der Waals surface area contributed by atoms with Gasteiger partial charge in [0, 0.05) is 30.5 Å². The minimum atomic E-state index is -0.0191. The molecule has 0 radical (unpaired) electrons. The Hall–Kier alpha value is -3.68. The lowest BCUT2D eigenvalue weighted by molar-refractivity contribution is -0.127. The van der Waals surface area contributed by atoms with Crippen LogP contribution in [0.2, 0.25) is 0 Å². The van der Waals surface area contributed by atoms with E-state index in [4.69, 9.17) is 5.10 Å². The summed E-state index contributed by atoms with van der Waals surface area (Å²) in [4.78, 5) is 25.9. The fourth-order valence-electron chi connectivity index (χ4n) is 3.98. The molecule has 2 N–H and O–H groups in total. The third kappa shape index (κ3) is 3.02. The molecule has 0 bridgehead atoms. The van der Waals surface area contributed by atoms with Crippen molar-refractivity contribution in [3.63, 3.8) is 0 Å². The molecule has 2 aliphatic rings. The van der Waals surface area contributed by atoms with E-state index < -0.39 is 0 Å². The van der Waals surface area contributed by atoms with Gasteiger partial charge in [0.05, 0.1) is 11.4 Å². The molecule has 8 heteroatoms. The molecule has 146 valence electrons. The van der Waals surface area contributed by atoms with Crippen LogP contribution >= 0.6 is 0 Å². The standard InChI is InChI=1S/C21H21N7O/c1-2-17(29)27-10-8-15(9-11-27)28-21-18-16(12-22-20(18)23-13-24-21)19(26-28)25-14-6-4-3-5-7-14/h2-7,12-13,15H,1,8-11H2,(H,25,26)(H,22,23,24). The number of carbonyl (C=O) groups is 1. The summed E-state index contributed by atoms with van der Waals surface area (Å²) in [7, 11) is 0. The van der Waals surface area contributed by atoms with Crippen LogP contribution in [-0.4, -0.2) is 50.7 Å². The van der Waals surface area contributed by atoms with Crippen molar-refractivity contribution in [1.29, 1.82) is 0 Å². The number of nitrogens with zero attached hydrogens (tertiary/aromatic N) is 5. The maximum absolute atomic E-state index is 11.9. The Morgan fingerprint density at radius 2 is 2.00 bits per heavy atom. The average Bonchev–Trinajstić information content (AvgIpc) is 3.22. The number of hydrogen-bond donors (Lipinski definition) is 2. The van der Waals surface area contributed by atoms with Crippen molar-refractivity contribution in [1.82, 2.24) is 19.9 Å². The van der Waals surface area contributed by atoms with E-state index >= 15 is 0 Å². The smallest absolute Gasteiger partial charge is 0.245 e. The van der Waals surface area contributed by atoms with Crippen molar-refractivity contribution >= 4 is 34.3 Å². The van der Waals surface area contributed by atoms with Crippen molar-refractivity contribution in [3.8, 4) is 0 Å². The fourth-order valence-corrected chi connectivity index (χ4v) is 3.98. The molecule has 0 unspecified atom stereocenters. The van der Waals surface area contributed by atoms with E-state index in [0.717, 1.165) is 46.8 Å². The Labute approximate surface area is 167 Å². The first-order valence-electron chi connectivity index (χ1n) is 9.68. The first-order chi connectivity index (χ1) is 14.2. The zero-order valence-corrected chi connectivity index (χ0v) is 15.9. The van der Waals surface area contributed by atoms with Crippen LogP contribution < -0.4 is 10.3 Å². The number of hydrogen-bond acceptors (Lipinski definition) is 6. The minimum Gasteiger partial charge on any atom is -0.345 e. The summed E-state index contributed by atoms with van der Waals surface area (Å²) >= 11 is 0. The summed E-state index contributed by atoms with van der Waals surface area (Å²) in [5, 5.41) is 11.3. The molecule has 8 nitrogen and oxygen atoms in total. The molecule has 1 saturated heterocycles. The fraction of sp³-hybridized carbons (Fsp3) is 0.238. The SMILES string of the molecule is C=CC(=O)N1CCC(N2N=C(Nc3ccccc3)c3c[nH]c4ncnc2c34)CC1. The van der Waals surface area contributed by atoms with Crippen LogP contribution in [0.1, 0.15) is 18.4 Å². The van der Waals surface area contributed by atoms with Gasteiger partial charge in [0.15, 0.2) is 11.7 Å². The van der Waals surface area contributed by atoms with E-state index in [1.807, 2.05) is 46.4 Å². The summed E-state index contributed by atoms with van der Waals surface area (Å²) in [6, 6.07) is 10.1. The number of nitrogens with one attached hydrogen (secondary N) is 2. The van der Waals surface area contributed by atoms with Crippen LogP contribution in [0.15, 0.2) is 60.6 Å². The molecule has 1 amide bonds. The normalized spacial score (nSPS) is 16.6. The number of benzene rings is 1. The van der Waals surface area contributed by atoms with Gasteiger partial charge in [0.1, 0.15) is 12.0 Å². The number of hydrazone groups is 1. The van der Waals surface area contributed by atoms with Gasteiger partial charge in [0.25, 0.3) is 0 Å². The molecule has 1 fully saturated rings. The number of likely N-dealkylation sites (tertiary alicyclic amines) is 1. The maximum Gasteiger partial charge on any atom is 0.245 e. The van der Waals surface area contributed by atoms with Crippen LogP contribution in [-0.2, 0) is 4.79 Å². The highest BCUT2D eigenvalue weighted by molar-refractivity contribution is 6.19. The van der Waals surface area contributed by atoms with Crippen LogP contribution in [0, 0.1) is 0 Å². The van der Waals surface area contributed by atoms with E-state index in [2.05, 4.69) is 26.8 Å². The topological polar surface area (TPSA) is 89.5 Å². The van der Waals surface area contributed by atoms with E-state index in [0.29, 0.717) is 13.1 Å². The molecule has 2 aromatic heterocycles. The van der Waals surface area contributed by atoms with Gasteiger partial charge in [-0.3, -0.25) is 4.79 Å². The summed E-state index contributed by atoms with van der Waals surface area (Å²) in [5.74, 6) is 1.54. The predicted octanol–water partition coefficient (Wildman–Crippen LogP) is 2.73. The van der Waals surface area contributed by atoms with E-state index in [1.165, 1.54) is 6.08 Å². The monoisotopic (exact) mass is 387 g/mol. The van der Waals surface area contributed by atoms with Crippen molar-refractivity contribution < 1.29 is 4.79 Å². The molecule has 0 aliphatic carbocycles. The van der Waals surface area contributed by atoms with E-state index in [-0.39, 0.29) is 11.9 Å². The molecular formula is C21H21N7O. The number of piperidine rings is 1. The second-order valence-electron chi connectivity index (χ2n) is 7.17. The lowest BCUT2D eigenvalue weighted by atomic mass is 10.0. The largest absolute Gasteiger partial charge is 0.345 e. The summed E-state index contributed by atoms with van der Waals surface area (Å²) in [5.41, 5.74) is 2.71. The molecule has 4 heterocycles. The summed E-state index contributed by atoms with van der Waals surface area (Å²) in [6.07, 6.45) is 6.48. The first-order valence-corrected chi connectivity index (χ1v) is 9.68. The molecule has 0 atom stereocenters. The lowest BCUT2D eigenvalue weighted by Gasteiger charge is -2.37. The minimum absolute atomic E-state index is 0.0191. The van der Waals surface area contributed by atoms with Crippen LogP contribution in [0.3, 0.4) is 0 Å². The first kappa shape index (κ1) is 17.4. The Bertz CT molecular complexity index is 1100. The van der Waals surface area contributed by atoms with Crippen molar-refractivity contribution in [3.05, 3.63) is 61.1 Å². The number of amides is 1. The number of rotatable bonds is 3. The zero-order valence-electron chi connectivity index (χ0n) is 15.9. The Morgan fingerprint density at radius 1 is 1.21 bits per heavy atom. The lowest BCUT2D eigenvalue weighted by Crippen LogP contribution is -2.46. The molecule has 29 heavy (non-hydrogen) atoms. The second kappa shape index (κ2) is 7.05. The summed E-state index contributed by atoms with van der Waals surface area (Å²) < 4.78 is 0. The Balaban J connectivity index is 1.50. The number of aromatic amines is 1. The van der Waals surface area contributed by atoms with Crippen LogP contribution in [0.25, 0.3) is 11.0 Å². The highest BCUT2D eigenvalue weighted by atomic mass is 16.2. The highest BCUT2D eigenvalue weighted by Crippen LogP contribution is 2.34.